The highest BCUT2D eigenvalue weighted by Crippen LogP contribution is 2.17. The van der Waals surface area contributed by atoms with Crippen molar-refractivity contribution < 1.29 is 0 Å². The fraction of sp³-hybridized carbons (Fsp3) is 0.167. The molecule has 0 spiro atoms. The highest BCUT2D eigenvalue weighted by molar-refractivity contribution is 14.1. The predicted octanol–water partition coefficient (Wildman–Crippen LogP) is 3.29. The van der Waals surface area contributed by atoms with Gasteiger partial charge in [-0.05, 0) is 34.7 Å². The third-order valence-corrected chi connectivity index (χ3v) is 4.85. The fourth-order valence-electron chi connectivity index (χ4n) is 1.38. The van der Waals surface area contributed by atoms with E-state index in [0.717, 1.165) is 5.75 Å². The standard InChI is InChI=1S/C12H10ClIN2OS/c13-11-10(14)12(17)16(8-15-11)6-7-18-9-4-2-1-3-5-9/h1-5,8H,6-7H2. The van der Waals surface area contributed by atoms with Gasteiger partial charge in [-0.2, -0.15) is 0 Å². The second kappa shape index (κ2) is 6.58. The van der Waals surface area contributed by atoms with Crippen LogP contribution in [-0.4, -0.2) is 15.3 Å². The van der Waals surface area contributed by atoms with Crippen molar-refractivity contribution in [1.29, 1.82) is 0 Å². The summed E-state index contributed by atoms with van der Waals surface area (Å²) in [4.78, 5) is 17.0. The lowest BCUT2D eigenvalue weighted by molar-refractivity contribution is 0.709. The van der Waals surface area contributed by atoms with Gasteiger partial charge in [0, 0.05) is 17.2 Å². The molecule has 0 amide bonds. The maximum atomic E-state index is 11.9. The lowest BCUT2D eigenvalue weighted by atomic mass is 10.4. The summed E-state index contributed by atoms with van der Waals surface area (Å²) in [7, 11) is 0. The molecule has 6 heteroatoms. The minimum absolute atomic E-state index is 0.0794. The van der Waals surface area contributed by atoms with Gasteiger partial charge in [0.05, 0.1) is 6.33 Å². The van der Waals surface area contributed by atoms with Crippen LogP contribution in [0.3, 0.4) is 0 Å². The third kappa shape index (κ3) is 3.49. The van der Waals surface area contributed by atoms with E-state index in [2.05, 4.69) is 17.1 Å². The van der Waals surface area contributed by atoms with Gasteiger partial charge in [-0.15, -0.1) is 11.8 Å². The topological polar surface area (TPSA) is 34.9 Å². The molecule has 0 bridgehead atoms. The number of thioether (sulfide) groups is 1. The van der Waals surface area contributed by atoms with Crippen LogP contribution in [0.5, 0.6) is 0 Å². The molecule has 3 nitrogen and oxygen atoms in total. The number of hydrogen-bond donors (Lipinski definition) is 0. The van der Waals surface area contributed by atoms with Crippen molar-refractivity contribution in [3.05, 3.63) is 55.7 Å². The second-order valence-electron chi connectivity index (χ2n) is 3.51. The summed E-state index contributed by atoms with van der Waals surface area (Å²) in [5.41, 5.74) is -0.0794. The van der Waals surface area contributed by atoms with Gasteiger partial charge in [0.1, 0.15) is 8.72 Å². The lowest BCUT2D eigenvalue weighted by Gasteiger charge is -2.06. The van der Waals surface area contributed by atoms with Crippen LogP contribution in [0, 0.1) is 3.57 Å². The van der Waals surface area contributed by atoms with E-state index in [9.17, 15) is 4.79 Å². The molecule has 0 saturated heterocycles. The van der Waals surface area contributed by atoms with E-state index in [1.54, 1.807) is 16.3 Å². The molecule has 0 unspecified atom stereocenters. The van der Waals surface area contributed by atoms with E-state index in [-0.39, 0.29) is 10.7 Å². The van der Waals surface area contributed by atoms with Crippen molar-refractivity contribution in [1.82, 2.24) is 9.55 Å². The summed E-state index contributed by atoms with van der Waals surface area (Å²) in [6, 6.07) is 10.1. The van der Waals surface area contributed by atoms with Crippen LogP contribution in [0.1, 0.15) is 0 Å². The first kappa shape index (κ1) is 13.9. The molecule has 0 N–H and O–H groups in total. The van der Waals surface area contributed by atoms with Crippen LogP contribution in [-0.2, 0) is 6.54 Å². The fourth-order valence-corrected chi connectivity index (χ4v) is 2.83. The molecule has 0 aliphatic carbocycles. The molecule has 18 heavy (non-hydrogen) atoms. The summed E-state index contributed by atoms with van der Waals surface area (Å²) in [6.07, 6.45) is 1.50. The second-order valence-corrected chi connectivity index (χ2v) is 6.11. The molecular weight excluding hydrogens is 383 g/mol. The van der Waals surface area contributed by atoms with Crippen LogP contribution in [0.25, 0.3) is 0 Å². The zero-order valence-corrected chi connectivity index (χ0v) is 13.1. The number of nitrogens with zero attached hydrogens (tertiary/aromatic N) is 2. The highest BCUT2D eigenvalue weighted by atomic mass is 127. The smallest absolute Gasteiger partial charge is 0.268 e. The molecule has 0 aliphatic heterocycles. The normalized spacial score (nSPS) is 10.6. The number of halogens is 2. The van der Waals surface area contributed by atoms with Crippen molar-refractivity contribution in [2.75, 3.05) is 5.75 Å². The molecule has 0 aliphatic rings. The Morgan fingerprint density at radius 2 is 2.06 bits per heavy atom. The van der Waals surface area contributed by atoms with Crippen molar-refractivity contribution in [2.45, 2.75) is 11.4 Å². The first-order valence-corrected chi connectivity index (χ1v) is 7.71. The minimum Gasteiger partial charge on any atom is -0.297 e. The van der Waals surface area contributed by atoms with Crippen LogP contribution in [0.2, 0.25) is 5.15 Å². The Kier molecular flexibility index (Phi) is 5.08. The maximum Gasteiger partial charge on any atom is 0.268 e. The van der Waals surface area contributed by atoms with Crippen molar-refractivity contribution in [3.8, 4) is 0 Å². The molecule has 2 rings (SSSR count). The molecule has 1 aromatic heterocycles. The van der Waals surface area contributed by atoms with E-state index in [1.807, 2.05) is 40.8 Å². The lowest BCUT2D eigenvalue weighted by Crippen LogP contribution is -2.24. The quantitative estimate of drug-likeness (QED) is 0.455. The van der Waals surface area contributed by atoms with Crippen LogP contribution in [0.4, 0.5) is 0 Å². The predicted molar refractivity (Wildman–Crippen MR) is 83.4 cm³/mol. The monoisotopic (exact) mass is 392 g/mol. The molecule has 94 valence electrons. The van der Waals surface area contributed by atoms with Crippen molar-refractivity contribution in [3.63, 3.8) is 0 Å². The number of hydrogen-bond acceptors (Lipinski definition) is 3. The highest BCUT2D eigenvalue weighted by Gasteiger charge is 2.06. The van der Waals surface area contributed by atoms with Crippen LogP contribution in [0.15, 0.2) is 46.3 Å². The number of aromatic nitrogens is 2. The minimum atomic E-state index is -0.0794. The van der Waals surface area contributed by atoms with E-state index in [4.69, 9.17) is 11.6 Å². The van der Waals surface area contributed by atoms with Crippen molar-refractivity contribution >= 4 is 46.0 Å². The summed E-state index contributed by atoms with van der Waals surface area (Å²) >= 11 is 9.41. The Bertz CT molecular complexity index is 588. The number of benzene rings is 1. The zero-order valence-electron chi connectivity index (χ0n) is 9.35. The van der Waals surface area contributed by atoms with Crippen molar-refractivity contribution in [2.24, 2.45) is 0 Å². The van der Waals surface area contributed by atoms with E-state index >= 15 is 0 Å². The Hall–Kier alpha value is -0.530. The summed E-state index contributed by atoms with van der Waals surface area (Å²) < 4.78 is 2.06. The molecule has 1 heterocycles. The van der Waals surface area contributed by atoms with Gasteiger partial charge in [0.25, 0.3) is 5.56 Å². The van der Waals surface area contributed by atoms with Gasteiger partial charge >= 0.3 is 0 Å². The van der Waals surface area contributed by atoms with E-state index in [1.165, 1.54) is 11.2 Å². The average molecular weight is 393 g/mol. The Balaban J connectivity index is 1.99. The van der Waals surface area contributed by atoms with E-state index in [0.29, 0.717) is 10.1 Å². The number of aryl methyl sites for hydroxylation is 1. The van der Waals surface area contributed by atoms with Crippen LogP contribution < -0.4 is 5.56 Å². The molecule has 0 fully saturated rings. The van der Waals surface area contributed by atoms with Gasteiger partial charge in [-0.1, -0.05) is 29.8 Å². The zero-order chi connectivity index (χ0) is 13.0. The SMILES string of the molecule is O=c1c(I)c(Cl)ncn1CCSc1ccccc1. The average Bonchev–Trinajstić information content (AvgIpc) is 2.40. The molecular formula is C12H10ClIN2OS. The molecule has 0 radical (unpaired) electrons. The summed E-state index contributed by atoms with van der Waals surface area (Å²) in [5, 5.41) is 0.271. The largest absolute Gasteiger partial charge is 0.297 e. The maximum absolute atomic E-state index is 11.9. The molecule has 0 saturated carbocycles. The molecule has 2 aromatic rings. The Morgan fingerprint density at radius 3 is 2.78 bits per heavy atom. The van der Waals surface area contributed by atoms with Gasteiger partial charge in [0.2, 0.25) is 0 Å². The Labute approximate surface area is 128 Å². The van der Waals surface area contributed by atoms with E-state index < -0.39 is 0 Å². The molecule has 0 atom stereocenters. The Morgan fingerprint density at radius 1 is 1.33 bits per heavy atom. The third-order valence-electron chi connectivity index (χ3n) is 2.28. The van der Waals surface area contributed by atoms with Gasteiger partial charge in [0.15, 0.2) is 0 Å². The number of rotatable bonds is 4. The van der Waals surface area contributed by atoms with Gasteiger partial charge < -0.3 is 0 Å². The van der Waals surface area contributed by atoms with Crippen LogP contribution >= 0.6 is 46.0 Å². The first-order valence-electron chi connectivity index (χ1n) is 5.27. The first-order chi connectivity index (χ1) is 8.68. The summed E-state index contributed by atoms with van der Waals surface area (Å²) in [5.74, 6) is 0.823. The van der Waals surface area contributed by atoms with Gasteiger partial charge in [-0.3, -0.25) is 9.36 Å². The molecule has 1 aromatic carbocycles. The summed E-state index contributed by atoms with van der Waals surface area (Å²) in [6.45, 7) is 0.624. The van der Waals surface area contributed by atoms with Gasteiger partial charge in [-0.25, -0.2) is 4.98 Å².